The summed E-state index contributed by atoms with van der Waals surface area (Å²) in [6, 6.07) is 25.5. The second-order valence-electron chi connectivity index (χ2n) is 5.85. The van der Waals surface area contributed by atoms with Gasteiger partial charge in [-0.1, -0.05) is 48.5 Å². The highest BCUT2D eigenvalue weighted by Gasteiger charge is 2.24. The molecule has 0 saturated heterocycles. The lowest BCUT2D eigenvalue weighted by Crippen LogP contribution is -2.08. The zero-order valence-electron chi connectivity index (χ0n) is 13.3. The van der Waals surface area contributed by atoms with Crippen molar-refractivity contribution in [3.63, 3.8) is 0 Å². The summed E-state index contributed by atoms with van der Waals surface area (Å²) in [5.74, 6) is 0.0597. The second-order valence-corrected chi connectivity index (χ2v) is 6.76. The predicted octanol–water partition coefficient (Wildman–Crippen LogP) is 5.29. The lowest BCUT2D eigenvalue weighted by Gasteiger charge is -2.19. The molecule has 2 nitrogen and oxygen atoms in total. The van der Waals surface area contributed by atoms with Gasteiger partial charge in [-0.25, -0.2) is 0 Å². The molecule has 1 unspecified atom stereocenters. The van der Waals surface area contributed by atoms with Crippen LogP contribution in [0.1, 0.15) is 27.6 Å². The number of nitrogens with zero attached hydrogens (tertiary/aromatic N) is 2. The number of nitriles is 1. The van der Waals surface area contributed by atoms with Crippen LogP contribution in [0.15, 0.2) is 72.1 Å². The summed E-state index contributed by atoms with van der Waals surface area (Å²) in [5, 5.41) is 12.7. The third kappa shape index (κ3) is 2.33. The summed E-state index contributed by atoms with van der Waals surface area (Å²) in [6.07, 6.45) is 0. The van der Waals surface area contributed by atoms with Gasteiger partial charge >= 0.3 is 0 Å². The van der Waals surface area contributed by atoms with Crippen molar-refractivity contribution < 1.29 is 0 Å². The van der Waals surface area contributed by atoms with E-state index in [1.807, 2.05) is 11.4 Å². The molecule has 116 valence electrons. The van der Waals surface area contributed by atoms with E-state index in [0.29, 0.717) is 0 Å². The van der Waals surface area contributed by atoms with Crippen LogP contribution in [0.3, 0.4) is 0 Å². The number of hydrogen-bond acceptors (Lipinski definition) is 2. The Morgan fingerprint density at radius 3 is 2.50 bits per heavy atom. The van der Waals surface area contributed by atoms with Crippen molar-refractivity contribution in [2.24, 2.45) is 7.05 Å². The first kappa shape index (κ1) is 14.7. The highest BCUT2D eigenvalue weighted by atomic mass is 32.1. The van der Waals surface area contributed by atoms with Crippen LogP contribution in [-0.2, 0) is 7.05 Å². The SMILES string of the molecule is Cn1c(C(c2ccccc2)c2ccsc2C#N)cc2ccccc21. The molecule has 1 atom stereocenters. The van der Waals surface area contributed by atoms with Crippen molar-refractivity contribution in [1.82, 2.24) is 4.57 Å². The molecule has 0 aliphatic heterocycles. The first-order valence-electron chi connectivity index (χ1n) is 7.86. The van der Waals surface area contributed by atoms with Gasteiger partial charge in [0.25, 0.3) is 0 Å². The molecule has 4 rings (SSSR count). The minimum Gasteiger partial charge on any atom is -0.347 e. The molecule has 2 heterocycles. The average Bonchev–Trinajstić information content (AvgIpc) is 3.22. The summed E-state index contributed by atoms with van der Waals surface area (Å²) in [4.78, 5) is 0.786. The van der Waals surface area contributed by atoms with E-state index in [1.54, 1.807) is 0 Å². The first-order chi connectivity index (χ1) is 11.8. The molecule has 0 bridgehead atoms. The maximum Gasteiger partial charge on any atom is 0.110 e. The average molecular weight is 328 g/mol. The molecule has 24 heavy (non-hydrogen) atoms. The number of rotatable bonds is 3. The zero-order valence-corrected chi connectivity index (χ0v) is 14.1. The van der Waals surface area contributed by atoms with Gasteiger partial charge in [0, 0.05) is 18.3 Å². The quantitative estimate of drug-likeness (QED) is 0.502. The van der Waals surface area contributed by atoms with E-state index in [9.17, 15) is 5.26 Å². The Balaban J connectivity index is 1.99. The number of benzene rings is 2. The van der Waals surface area contributed by atoms with Crippen molar-refractivity contribution in [2.75, 3.05) is 0 Å². The molecule has 0 radical (unpaired) electrons. The fraction of sp³-hybridized carbons (Fsp3) is 0.0952. The highest BCUT2D eigenvalue weighted by Crippen LogP contribution is 2.37. The Bertz CT molecular complexity index is 1030. The van der Waals surface area contributed by atoms with Crippen LogP contribution < -0.4 is 0 Å². The third-order valence-electron chi connectivity index (χ3n) is 4.53. The minimum atomic E-state index is 0.0597. The summed E-state index contributed by atoms with van der Waals surface area (Å²) in [7, 11) is 2.10. The summed E-state index contributed by atoms with van der Waals surface area (Å²) < 4.78 is 2.24. The summed E-state index contributed by atoms with van der Waals surface area (Å²) in [6.45, 7) is 0. The number of aryl methyl sites for hydroxylation is 1. The monoisotopic (exact) mass is 328 g/mol. The molecular weight excluding hydrogens is 312 g/mol. The Morgan fingerprint density at radius 2 is 1.75 bits per heavy atom. The Morgan fingerprint density at radius 1 is 1.00 bits per heavy atom. The van der Waals surface area contributed by atoms with Gasteiger partial charge in [-0.05, 0) is 40.1 Å². The van der Waals surface area contributed by atoms with E-state index in [-0.39, 0.29) is 5.92 Å². The van der Waals surface area contributed by atoms with Gasteiger partial charge in [0.2, 0.25) is 0 Å². The molecule has 2 aromatic heterocycles. The third-order valence-corrected chi connectivity index (χ3v) is 5.36. The number of thiophene rings is 1. The molecule has 0 spiro atoms. The normalized spacial score (nSPS) is 12.2. The van der Waals surface area contributed by atoms with Gasteiger partial charge < -0.3 is 4.57 Å². The summed E-state index contributed by atoms with van der Waals surface area (Å²) in [5.41, 5.74) is 4.71. The van der Waals surface area contributed by atoms with Gasteiger partial charge in [0.15, 0.2) is 0 Å². The summed E-state index contributed by atoms with van der Waals surface area (Å²) >= 11 is 1.51. The standard InChI is InChI=1S/C21H16N2S/c1-23-18-10-6-5-9-16(18)13-19(23)21(15-7-3-2-4-8-15)17-11-12-24-20(17)14-22/h2-13,21H,1H3. The van der Waals surface area contributed by atoms with E-state index in [2.05, 4.69) is 78.3 Å². The fourth-order valence-electron chi connectivity index (χ4n) is 3.38. The van der Waals surface area contributed by atoms with E-state index in [4.69, 9.17) is 0 Å². The molecule has 4 aromatic rings. The smallest absolute Gasteiger partial charge is 0.110 e. The van der Waals surface area contributed by atoms with E-state index in [0.717, 1.165) is 10.4 Å². The van der Waals surface area contributed by atoms with Gasteiger partial charge in [0.05, 0.1) is 5.92 Å². The van der Waals surface area contributed by atoms with Crippen molar-refractivity contribution >= 4 is 22.2 Å². The van der Waals surface area contributed by atoms with Crippen LogP contribution in [0.2, 0.25) is 0 Å². The van der Waals surface area contributed by atoms with Crippen LogP contribution in [0.4, 0.5) is 0 Å². The Kier molecular flexibility index (Phi) is 3.68. The molecule has 0 fully saturated rings. The molecule has 3 heteroatoms. The lowest BCUT2D eigenvalue weighted by atomic mass is 9.88. The number of para-hydroxylation sites is 1. The van der Waals surface area contributed by atoms with Gasteiger partial charge in [-0.2, -0.15) is 5.26 Å². The number of aromatic nitrogens is 1. The van der Waals surface area contributed by atoms with Crippen molar-refractivity contribution in [3.05, 3.63) is 93.8 Å². The Labute approximate surface area is 145 Å². The van der Waals surface area contributed by atoms with Crippen molar-refractivity contribution in [3.8, 4) is 6.07 Å². The molecule has 0 aliphatic rings. The topological polar surface area (TPSA) is 28.7 Å². The zero-order chi connectivity index (χ0) is 16.5. The highest BCUT2D eigenvalue weighted by molar-refractivity contribution is 7.10. The predicted molar refractivity (Wildman–Crippen MR) is 99.3 cm³/mol. The molecule has 0 saturated carbocycles. The van der Waals surface area contributed by atoms with Gasteiger partial charge in [0.1, 0.15) is 10.9 Å². The molecule has 0 aliphatic carbocycles. The van der Waals surface area contributed by atoms with Gasteiger partial charge in [-0.15, -0.1) is 11.3 Å². The molecular formula is C21H16N2S. The van der Waals surface area contributed by atoms with Crippen LogP contribution in [0.25, 0.3) is 10.9 Å². The second kappa shape index (κ2) is 5.99. The van der Waals surface area contributed by atoms with E-state index < -0.39 is 0 Å². The van der Waals surface area contributed by atoms with Crippen molar-refractivity contribution in [1.29, 1.82) is 5.26 Å². The van der Waals surface area contributed by atoms with Crippen LogP contribution >= 0.6 is 11.3 Å². The van der Waals surface area contributed by atoms with Gasteiger partial charge in [-0.3, -0.25) is 0 Å². The van der Waals surface area contributed by atoms with Crippen LogP contribution in [-0.4, -0.2) is 4.57 Å². The molecule has 0 amide bonds. The number of hydrogen-bond donors (Lipinski definition) is 0. The van der Waals surface area contributed by atoms with E-state index in [1.165, 1.54) is 33.5 Å². The maximum atomic E-state index is 9.51. The van der Waals surface area contributed by atoms with Crippen molar-refractivity contribution in [2.45, 2.75) is 5.92 Å². The number of fused-ring (bicyclic) bond motifs is 1. The maximum absolute atomic E-state index is 9.51. The van der Waals surface area contributed by atoms with E-state index >= 15 is 0 Å². The van der Waals surface area contributed by atoms with Crippen LogP contribution in [0.5, 0.6) is 0 Å². The lowest BCUT2D eigenvalue weighted by molar-refractivity contribution is 0.816. The fourth-order valence-corrected chi connectivity index (χ4v) is 4.11. The molecule has 2 aromatic carbocycles. The largest absolute Gasteiger partial charge is 0.347 e. The molecule has 0 N–H and O–H groups in total. The Hall–Kier alpha value is -2.83. The first-order valence-corrected chi connectivity index (χ1v) is 8.74. The van der Waals surface area contributed by atoms with Crippen LogP contribution in [0, 0.1) is 11.3 Å². The minimum absolute atomic E-state index is 0.0597.